The van der Waals surface area contributed by atoms with Crippen molar-refractivity contribution in [1.82, 2.24) is 5.32 Å². The molecule has 2 rings (SSSR count). The van der Waals surface area contributed by atoms with E-state index in [0.717, 1.165) is 31.4 Å². The van der Waals surface area contributed by atoms with Crippen LogP contribution in [0.5, 0.6) is 0 Å². The molecular formula is C18H24FNS. The smallest absolute Gasteiger partial charge is 0.123 e. The summed E-state index contributed by atoms with van der Waals surface area (Å²) in [5, 5.41) is 5.70. The zero-order valence-corrected chi connectivity index (χ0v) is 13.7. The van der Waals surface area contributed by atoms with Crippen LogP contribution in [0.2, 0.25) is 0 Å². The number of aryl methyl sites for hydroxylation is 2. The van der Waals surface area contributed by atoms with E-state index in [2.05, 4.69) is 29.8 Å². The second-order valence-electron chi connectivity index (χ2n) is 5.50. The molecular weight excluding hydrogens is 281 g/mol. The molecule has 0 saturated carbocycles. The Morgan fingerprint density at radius 1 is 1.29 bits per heavy atom. The Kier molecular flexibility index (Phi) is 6.40. The number of hydrogen-bond donors (Lipinski definition) is 1. The monoisotopic (exact) mass is 305 g/mol. The van der Waals surface area contributed by atoms with Gasteiger partial charge in [0.15, 0.2) is 0 Å². The third-order valence-electron chi connectivity index (χ3n) is 3.82. The van der Waals surface area contributed by atoms with Crippen molar-refractivity contribution in [3.05, 3.63) is 57.5 Å². The maximum atomic E-state index is 13.2. The van der Waals surface area contributed by atoms with Crippen LogP contribution in [-0.4, -0.2) is 12.6 Å². The fourth-order valence-electron chi connectivity index (χ4n) is 2.70. The van der Waals surface area contributed by atoms with Crippen LogP contribution >= 0.6 is 11.3 Å². The summed E-state index contributed by atoms with van der Waals surface area (Å²) in [5.74, 6) is -0.144. The number of likely N-dealkylation sites (N-methyl/N-ethyl adjacent to an activating group) is 1. The van der Waals surface area contributed by atoms with Gasteiger partial charge in [0.25, 0.3) is 0 Å². The fourth-order valence-corrected chi connectivity index (χ4v) is 3.45. The van der Waals surface area contributed by atoms with Gasteiger partial charge in [-0.05, 0) is 73.9 Å². The van der Waals surface area contributed by atoms with E-state index in [0.29, 0.717) is 6.04 Å². The molecule has 0 aliphatic carbocycles. The highest BCUT2D eigenvalue weighted by molar-refractivity contribution is 7.09. The van der Waals surface area contributed by atoms with Crippen molar-refractivity contribution < 1.29 is 4.39 Å². The van der Waals surface area contributed by atoms with Gasteiger partial charge in [-0.3, -0.25) is 0 Å². The quantitative estimate of drug-likeness (QED) is 0.743. The summed E-state index contributed by atoms with van der Waals surface area (Å²) in [6, 6.07) is 9.91. The van der Waals surface area contributed by atoms with Crippen molar-refractivity contribution in [2.24, 2.45) is 0 Å². The predicted molar refractivity (Wildman–Crippen MR) is 89.6 cm³/mol. The molecule has 1 heterocycles. The fraction of sp³-hybridized carbons (Fsp3) is 0.444. The Morgan fingerprint density at radius 2 is 2.14 bits per heavy atom. The van der Waals surface area contributed by atoms with Gasteiger partial charge in [0, 0.05) is 10.9 Å². The number of nitrogens with one attached hydrogen (secondary N) is 1. The number of benzene rings is 1. The Labute approximate surface area is 131 Å². The third kappa shape index (κ3) is 5.25. The zero-order chi connectivity index (χ0) is 15.1. The standard InChI is InChI=1S/C18H24FNS/c1-3-20-17(6-4-7-18-8-5-11-21-18)13-15-9-10-16(19)12-14(15)2/h5,8-12,17,20H,3-4,6-7,13H2,1-2H3. The highest BCUT2D eigenvalue weighted by atomic mass is 32.1. The van der Waals surface area contributed by atoms with Crippen LogP contribution in [0.25, 0.3) is 0 Å². The van der Waals surface area contributed by atoms with Crippen molar-refractivity contribution in [2.45, 2.75) is 45.6 Å². The first-order chi connectivity index (χ1) is 10.2. The number of halogens is 1. The zero-order valence-electron chi connectivity index (χ0n) is 12.9. The lowest BCUT2D eigenvalue weighted by Crippen LogP contribution is -2.31. The van der Waals surface area contributed by atoms with E-state index >= 15 is 0 Å². The highest BCUT2D eigenvalue weighted by Crippen LogP contribution is 2.17. The number of rotatable bonds is 8. The molecule has 0 aliphatic heterocycles. The Hall–Kier alpha value is -1.19. The van der Waals surface area contributed by atoms with E-state index in [1.165, 1.54) is 16.9 Å². The van der Waals surface area contributed by atoms with Gasteiger partial charge in [-0.1, -0.05) is 19.1 Å². The minimum absolute atomic E-state index is 0.144. The predicted octanol–water partition coefficient (Wildman–Crippen LogP) is 4.74. The molecule has 0 radical (unpaired) electrons. The molecule has 21 heavy (non-hydrogen) atoms. The molecule has 1 atom stereocenters. The van der Waals surface area contributed by atoms with E-state index in [-0.39, 0.29) is 5.82 Å². The molecule has 0 bridgehead atoms. The third-order valence-corrected chi connectivity index (χ3v) is 4.76. The van der Waals surface area contributed by atoms with Gasteiger partial charge in [0.2, 0.25) is 0 Å². The summed E-state index contributed by atoms with van der Waals surface area (Å²) in [4.78, 5) is 1.46. The number of hydrogen-bond acceptors (Lipinski definition) is 2. The molecule has 0 spiro atoms. The Balaban J connectivity index is 1.88. The summed E-state index contributed by atoms with van der Waals surface area (Å²) in [7, 11) is 0. The summed E-state index contributed by atoms with van der Waals surface area (Å²) in [6.07, 6.45) is 4.48. The molecule has 114 valence electrons. The lowest BCUT2D eigenvalue weighted by atomic mass is 9.97. The van der Waals surface area contributed by atoms with Crippen molar-refractivity contribution in [1.29, 1.82) is 0 Å². The van der Waals surface area contributed by atoms with E-state index in [1.54, 1.807) is 12.1 Å². The molecule has 3 heteroatoms. The molecule has 1 nitrogen and oxygen atoms in total. The van der Waals surface area contributed by atoms with Gasteiger partial charge >= 0.3 is 0 Å². The van der Waals surface area contributed by atoms with Gasteiger partial charge in [-0.2, -0.15) is 0 Å². The highest BCUT2D eigenvalue weighted by Gasteiger charge is 2.10. The van der Waals surface area contributed by atoms with Crippen LogP contribution in [0.15, 0.2) is 35.7 Å². The second-order valence-corrected chi connectivity index (χ2v) is 6.53. The minimum Gasteiger partial charge on any atom is -0.314 e. The van der Waals surface area contributed by atoms with Gasteiger partial charge in [-0.25, -0.2) is 4.39 Å². The van der Waals surface area contributed by atoms with Crippen LogP contribution in [0, 0.1) is 12.7 Å². The summed E-state index contributed by atoms with van der Waals surface area (Å²) >= 11 is 1.83. The first-order valence-corrected chi connectivity index (χ1v) is 8.57. The van der Waals surface area contributed by atoms with Gasteiger partial charge in [-0.15, -0.1) is 11.3 Å². The van der Waals surface area contributed by atoms with Crippen molar-refractivity contribution >= 4 is 11.3 Å². The summed E-state index contributed by atoms with van der Waals surface area (Å²) < 4.78 is 13.2. The Bertz CT molecular complexity index is 536. The minimum atomic E-state index is -0.144. The van der Waals surface area contributed by atoms with Crippen LogP contribution in [0.1, 0.15) is 35.8 Å². The molecule has 1 unspecified atom stereocenters. The first kappa shape index (κ1) is 16.2. The average Bonchev–Trinajstić information content (AvgIpc) is 2.95. The first-order valence-electron chi connectivity index (χ1n) is 7.70. The molecule has 2 aromatic rings. The molecule has 0 amide bonds. The molecule has 1 aromatic heterocycles. The topological polar surface area (TPSA) is 12.0 Å². The maximum Gasteiger partial charge on any atom is 0.123 e. The summed E-state index contributed by atoms with van der Waals surface area (Å²) in [5.41, 5.74) is 2.30. The molecule has 1 N–H and O–H groups in total. The normalized spacial score (nSPS) is 12.5. The van der Waals surface area contributed by atoms with E-state index in [4.69, 9.17) is 0 Å². The van der Waals surface area contributed by atoms with Gasteiger partial charge in [0.05, 0.1) is 0 Å². The van der Waals surface area contributed by atoms with Crippen LogP contribution in [-0.2, 0) is 12.8 Å². The van der Waals surface area contributed by atoms with Crippen LogP contribution < -0.4 is 5.32 Å². The molecule has 0 aliphatic rings. The molecule has 1 aromatic carbocycles. The lowest BCUT2D eigenvalue weighted by Gasteiger charge is -2.19. The second kappa shape index (κ2) is 8.30. The largest absolute Gasteiger partial charge is 0.314 e. The van der Waals surface area contributed by atoms with Gasteiger partial charge < -0.3 is 5.32 Å². The maximum absolute atomic E-state index is 13.2. The summed E-state index contributed by atoms with van der Waals surface area (Å²) in [6.45, 7) is 5.11. The van der Waals surface area contributed by atoms with Crippen LogP contribution in [0.4, 0.5) is 4.39 Å². The van der Waals surface area contributed by atoms with E-state index in [1.807, 2.05) is 24.3 Å². The Morgan fingerprint density at radius 3 is 2.81 bits per heavy atom. The lowest BCUT2D eigenvalue weighted by molar-refractivity contribution is 0.476. The molecule has 0 fully saturated rings. The van der Waals surface area contributed by atoms with Crippen molar-refractivity contribution in [3.8, 4) is 0 Å². The van der Waals surface area contributed by atoms with Crippen LogP contribution in [0.3, 0.4) is 0 Å². The van der Waals surface area contributed by atoms with Crippen molar-refractivity contribution in [3.63, 3.8) is 0 Å². The number of thiophene rings is 1. The van der Waals surface area contributed by atoms with Crippen molar-refractivity contribution in [2.75, 3.05) is 6.54 Å². The van der Waals surface area contributed by atoms with Gasteiger partial charge in [0.1, 0.15) is 5.82 Å². The van der Waals surface area contributed by atoms with E-state index in [9.17, 15) is 4.39 Å². The average molecular weight is 305 g/mol. The van der Waals surface area contributed by atoms with E-state index < -0.39 is 0 Å². The SMILES string of the molecule is CCNC(CCCc1cccs1)Cc1ccc(F)cc1C. The molecule has 0 saturated heterocycles.